The van der Waals surface area contributed by atoms with Gasteiger partial charge in [0.05, 0.1) is 17.2 Å². The van der Waals surface area contributed by atoms with E-state index in [1.807, 2.05) is 0 Å². The van der Waals surface area contributed by atoms with E-state index in [1.165, 1.54) is 37.8 Å². The number of nitrogens with two attached hydrogens (primary N) is 1. The lowest BCUT2D eigenvalue weighted by Gasteiger charge is -2.44. The molecule has 2 N–H and O–H groups in total. The number of rotatable bonds is 4. The third-order valence-electron chi connectivity index (χ3n) is 4.91. The summed E-state index contributed by atoms with van der Waals surface area (Å²) >= 11 is 1.73. The van der Waals surface area contributed by atoms with Crippen molar-refractivity contribution in [1.29, 1.82) is 0 Å². The number of carbonyl (C=O) groups excluding carboxylic acids is 1. The highest BCUT2D eigenvalue weighted by molar-refractivity contribution is 7.09. The molecule has 2 atom stereocenters. The molecule has 6 heteroatoms. The SMILES string of the molecule is Cc1nc(CN2CCC[C@@H]3[C@H]2CCCCN3CC(N)=O)cs1. The van der Waals surface area contributed by atoms with Gasteiger partial charge in [0.1, 0.15) is 0 Å². The van der Waals surface area contributed by atoms with Crippen LogP contribution in [0, 0.1) is 6.92 Å². The van der Waals surface area contributed by atoms with E-state index < -0.39 is 0 Å². The van der Waals surface area contributed by atoms with Crippen LogP contribution in [0.1, 0.15) is 42.8 Å². The number of aromatic nitrogens is 1. The number of amides is 1. The number of piperidine rings is 1. The Kier molecular flexibility index (Phi) is 5.10. The lowest BCUT2D eigenvalue weighted by atomic mass is 9.92. The van der Waals surface area contributed by atoms with Crippen LogP contribution >= 0.6 is 11.3 Å². The topological polar surface area (TPSA) is 62.5 Å². The van der Waals surface area contributed by atoms with Gasteiger partial charge in [-0.05, 0) is 45.7 Å². The Labute approximate surface area is 136 Å². The summed E-state index contributed by atoms with van der Waals surface area (Å²) in [4.78, 5) is 20.9. The normalized spacial score (nSPS) is 27.3. The zero-order valence-corrected chi connectivity index (χ0v) is 14.1. The molecule has 2 aliphatic heterocycles. The van der Waals surface area contributed by atoms with E-state index >= 15 is 0 Å². The zero-order valence-electron chi connectivity index (χ0n) is 13.3. The van der Waals surface area contributed by atoms with Gasteiger partial charge in [0, 0.05) is 24.0 Å². The number of hydrogen-bond acceptors (Lipinski definition) is 5. The molecular formula is C16H26N4OS. The molecule has 0 bridgehead atoms. The lowest BCUT2D eigenvalue weighted by Crippen LogP contribution is -2.55. The summed E-state index contributed by atoms with van der Waals surface area (Å²) in [7, 11) is 0. The summed E-state index contributed by atoms with van der Waals surface area (Å²) in [6, 6.07) is 1.01. The molecule has 3 heterocycles. The van der Waals surface area contributed by atoms with Gasteiger partial charge in [0.2, 0.25) is 5.91 Å². The van der Waals surface area contributed by atoms with Crippen molar-refractivity contribution in [1.82, 2.24) is 14.8 Å². The van der Waals surface area contributed by atoms with Crippen LogP contribution in [-0.2, 0) is 11.3 Å². The van der Waals surface area contributed by atoms with Crippen LogP contribution in [-0.4, -0.2) is 52.4 Å². The first kappa shape index (κ1) is 15.9. The fourth-order valence-electron chi connectivity index (χ4n) is 4.02. The molecule has 0 spiro atoms. The summed E-state index contributed by atoms with van der Waals surface area (Å²) in [5.74, 6) is -0.201. The second kappa shape index (κ2) is 7.06. The first-order chi connectivity index (χ1) is 10.6. The number of hydrogen-bond donors (Lipinski definition) is 1. The van der Waals surface area contributed by atoms with E-state index in [0.29, 0.717) is 18.6 Å². The summed E-state index contributed by atoms with van der Waals surface area (Å²) in [6.45, 7) is 5.56. The highest BCUT2D eigenvalue weighted by atomic mass is 32.1. The Bertz CT molecular complexity index is 518. The number of primary amides is 1. The van der Waals surface area contributed by atoms with Crippen molar-refractivity contribution < 1.29 is 4.79 Å². The molecule has 2 fully saturated rings. The number of aryl methyl sites for hydroxylation is 1. The van der Waals surface area contributed by atoms with Gasteiger partial charge in [-0.25, -0.2) is 4.98 Å². The van der Waals surface area contributed by atoms with Crippen LogP contribution in [0.4, 0.5) is 0 Å². The minimum absolute atomic E-state index is 0.201. The maximum absolute atomic E-state index is 11.4. The van der Waals surface area contributed by atoms with E-state index in [9.17, 15) is 4.79 Å². The quantitative estimate of drug-likeness (QED) is 0.917. The van der Waals surface area contributed by atoms with E-state index in [4.69, 9.17) is 5.73 Å². The van der Waals surface area contributed by atoms with Crippen LogP contribution in [0.2, 0.25) is 0 Å². The molecule has 3 rings (SSSR count). The molecule has 2 aliphatic rings. The van der Waals surface area contributed by atoms with Gasteiger partial charge in [-0.1, -0.05) is 6.42 Å². The summed E-state index contributed by atoms with van der Waals surface area (Å²) in [5.41, 5.74) is 6.64. The van der Waals surface area contributed by atoms with Crippen molar-refractivity contribution in [3.05, 3.63) is 16.1 Å². The Hall–Kier alpha value is -0.980. The second-order valence-corrected chi connectivity index (χ2v) is 7.60. The van der Waals surface area contributed by atoms with Crippen molar-refractivity contribution in [2.45, 2.75) is 57.7 Å². The molecule has 2 saturated heterocycles. The summed E-state index contributed by atoms with van der Waals surface area (Å²) in [5, 5.41) is 3.32. The largest absolute Gasteiger partial charge is 0.369 e. The molecule has 0 saturated carbocycles. The Morgan fingerprint density at radius 3 is 2.73 bits per heavy atom. The zero-order chi connectivity index (χ0) is 15.5. The average molecular weight is 322 g/mol. The minimum atomic E-state index is -0.201. The maximum atomic E-state index is 11.4. The monoisotopic (exact) mass is 322 g/mol. The molecule has 0 aromatic carbocycles. The molecule has 0 aliphatic carbocycles. The van der Waals surface area contributed by atoms with Crippen molar-refractivity contribution in [3.63, 3.8) is 0 Å². The summed E-state index contributed by atoms with van der Waals surface area (Å²) in [6.07, 6.45) is 6.01. The smallest absolute Gasteiger partial charge is 0.231 e. The molecule has 22 heavy (non-hydrogen) atoms. The molecule has 1 amide bonds. The van der Waals surface area contributed by atoms with Crippen LogP contribution in [0.3, 0.4) is 0 Å². The van der Waals surface area contributed by atoms with Gasteiger partial charge < -0.3 is 5.73 Å². The van der Waals surface area contributed by atoms with Crippen LogP contribution < -0.4 is 5.73 Å². The first-order valence-corrected chi connectivity index (χ1v) is 9.19. The van der Waals surface area contributed by atoms with Crippen LogP contribution in [0.5, 0.6) is 0 Å². The van der Waals surface area contributed by atoms with Crippen LogP contribution in [0.15, 0.2) is 5.38 Å². The van der Waals surface area contributed by atoms with E-state index in [1.54, 1.807) is 11.3 Å². The summed E-state index contributed by atoms with van der Waals surface area (Å²) < 4.78 is 0. The highest BCUT2D eigenvalue weighted by Gasteiger charge is 2.36. The van der Waals surface area contributed by atoms with E-state index in [-0.39, 0.29) is 5.91 Å². The first-order valence-electron chi connectivity index (χ1n) is 8.31. The van der Waals surface area contributed by atoms with Crippen molar-refractivity contribution in [2.75, 3.05) is 19.6 Å². The maximum Gasteiger partial charge on any atom is 0.231 e. The number of fused-ring (bicyclic) bond motifs is 1. The lowest BCUT2D eigenvalue weighted by molar-refractivity contribution is -0.120. The molecule has 122 valence electrons. The van der Waals surface area contributed by atoms with Crippen molar-refractivity contribution in [2.24, 2.45) is 5.73 Å². The third-order valence-corrected chi connectivity index (χ3v) is 5.74. The predicted molar refractivity (Wildman–Crippen MR) is 88.7 cm³/mol. The molecule has 1 aromatic rings. The van der Waals surface area contributed by atoms with Gasteiger partial charge in [0.25, 0.3) is 0 Å². The van der Waals surface area contributed by atoms with Crippen LogP contribution in [0.25, 0.3) is 0 Å². The number of nitrogens with zero attached hydrogens (tertiary/aromatic N) is 3. The van der Waals surface area contributed by atoms with E-state index in [0.717, 1.165) is 24.6 Å². The van der Waals surface area contributed by atoms with Gasteiger partial charge in [-0.2, -0.15) is 0 Å². The highest BCUT2D eigenvalue weighted by Crippen LogP contribution is 2.30. The molecule has 0 unspecified atom stereocenters. The molecule has 5 nitrogen and oxygen atoms in total. The van der Waals surface area contributed by atoms with Gasteiger partial charge in [0.15, 0.2) is 0 Å². The number of carbonyl (C=O) groups is 1. The van der Waals surface area contributed by atoms with Gasteiger partial charge >= 0.3 is 0 Å². The standard InChI is InChI=1S/C16H26N4OS/c1-12-18-13(11-22-12)9-19-8-4-6-15-14(19)5-2-3-7-20(15)10-16(17)21/h11,14-15H,2-10H2,1H3,(H2,17,21)/t14-,15-/m1/s1. The predicted octanol–water partition coefficient (Wildman–Crippen LogP) is 1.76. The molecule has 0 radical (unpaired) electrons. The molecule has 1 aromatic heterocycles. The van der Waals surface area contributed by atoms with E-state index in [2.05, 4.69) is 27.1 Å². The fraction of sp³-hybridized carbons (Fsp3) is 0.750. The third kappa shape index (κ3) is 3.67. The second-order valence-electron chi connectivity index (χ2n) is 6.54. The molecular weight excluding hydrogens is 296 g/mol. The Morgan fingerprint density at radius 2 is 2.00 bits per heavy atom. The fourth-order valence-corrected chi connectivity index (χ4v) is 4.63. The Balaban J connectivity index is 1.73. The van der Waals surface area contributed by atoms with Crippen molar-refractivity contribution >= 4 is 17.2 Å². The number of likely N-dealkylation sites (tertiary alicyclic amines) is 2. The van der Waals surface area contributed by atoms with Gasteiger partial charge in [-0.3, -0.25) is 14.6 Å². The average Bonchev–Trinajstić information content (AvgIpc) is 2.77. The van der Waals surface area contributed by atoms with Crippen molar-refractivity contribution in [3.8, 4) is 0 Å². The number of thiazole rings is 1. The Morgan fingerprint density at radius 1 is 1.27 bits per heavy atom. The van der Waals surface area contributed by atoms with Gasteiger partial charge in [-0.15, -0.1) is 11.3 Å². The minimum Gasteiger partial charge on any atom is -0.369 e.